The van der Waals surface area contributed by atoms with E-state index in [1.165, 1.54) is 22.5 Å². The molecule has 0 aliphatic carbocycles. The first-order valence-electron chi connectivity index (χ1n) is 8.68. The predicted molar refractivity (Wildman–Crippen MR) is 110 cm³/mol. The third kappa shape index (κ3) is 5.14. The monoisotopic (exact) mass is 362 g/mol. The van der Waals surface area contributed by atoms with Crippen LogP contribution in [0, 0.1) is 0 Å². The summed E-state index contributed by atoms with van der Waals surface area (Å²) in [7, 11) is 0. The van der Waals surface area contributed by atoms with Gasteiger partial charge in [-0.2, -0.15) is 0 Å². The number of benzene rings is 2. The van der Waals surface area contributed by atoms with E-state index >= 15 is 0 Å². The van der Waals surface area contributed by atoms with Crippen LogP contribution in [0.3, 0.4) is 0 Å². The molecule has 3 rings (SSSR count). The second kappa shape index (κ2) is 8.59. The van der Waals surface area contributed by atoms with Crippen LogP contribution in [0.1, 0.15) is 41.3 Å². The molecular formula is C22H22N2OS. The molecule has 0 saturated heterocycles. The van der Waals surface area contributed by atoms with E-state index in [2.05, 4.69) is 48.4 Å². The van der Waals surface area contributed by atoms with Crippen LogP contribution in [0.5, 0.6) is 0 Å². The largest absolute Gasteiger partial charge is 0.298 e. The lowest BCUT2D eigenvalue weighted by Gasteiger charge is -2.04. The quantitative estimate of drug-likeness (QED) is 0.588. The molecule has 1 amide bonds. The van der Waals surface area contributed by atoms with Gasteiger partial charge in [0.15, 0.2) is 5.13 Å². The molecule has 3 nitrogen and oxygen atoms in total. The Bertz CT molecular complexity index is 880. The Balaban J connectivity index is 1.56. The van der Waals surface area contributed by atoms with Crippen LogP contribution in [-0.4, -0.2) is 10.9 Å². The number of hydrogen-bond donors (Lipinski definition) is 1. The number of carbonyl (C=O) groups is 1. The van der Waals surface area contributed by atoms with Crippen molar-refractivity contribution in [1.82, 2.24) is 4.98 Å². The van der Waals surface area contributed by atoms with Gasteiger partial charge in [0.25, 0.3) is 0 Å². The van der Waals surface area contributed by atoms with Gasteiger partial charge in [-0.15, -0.1) is 11.3 Å². The van der Waals surface area contributed by atoms with Crippen molar-refractivity contribution in [3.8, 4) is 0 Å². The molecule has 132 valence electrons. The minimum absolute atomic E-state index is 0.168. The number of nitrogens with one attached hydrogen (secondary N) is 1. The SMILES string of the molecule is CC(C)c1ccc(/C=C/C(=O)Nc2ncc(Cc3ccccc3)s2)cc1. The molecule has 2 aromatic carbocycles. The topological polar surface area (TPSA) is 42.0 Å². The first-order chi connectivity index (χ1) is 12.6. The van der Waals surface area contributed by atoms with Gasteiger partial charge in [-0.25, -0.2) is 4.98 Å². The highest BCUT2D eigenvalue weighted by Gasteiger charge is 2.05. The minimum Gasteiger partial charge on any atom is -0.298 e. The molecule has 0 fully saturated rings. The van der Waals surface area contributed by atoms with Crippen LogP contribution < -0.4 is 5.32 Å². The van der Waals surface area contributed by atoms with Crippen LogP contribution in [0.15, 0.2) is 66.9 Å². The molecule has 0 saturated carbocycles. The molecular weight excluding hydrogens is 340 g/mol. The highest BCUT2D eigenvalue weighted by molar-refractivity contribution is 7.15. The van der Waals surface area contributed by atoms with Gasteiger partial charge in [0, 0.05) is 23.6 Å². The smallest absolute Gasteiger partial charge is 0.250 e. The van der Waals surface area contributed by atoms with Gasteiger partial charge in [-0.3, -0.25) is 10.1 Å². The van der Waals surface area contributed by atoms with Crippen LogP contribution in [0.4, 0.5) is 5.13 Å². The van der Waals surface area contributed by atoms with Crippen molar-refractivity contribution in [3.63, 3.8) is 0 Å². The average Bonchev–Trinajstić information content (AvgIpc) is 3.08. The van der Waals surface area contributed by atoms with E-state index in [4.69, 9.17) is 0 Å². The van der Waals surface area contributed by atoms with E-state index < -0.39 is 0 Å². The van der Waals surface area contributed by atoms with Crippen LogP contribution >= 0.6 is 11.3 Å². The summed E-state index contributed by atoms with van der Waals surface area (Å²) < 4.78 is 0. The Morgan fingerprint density at radius 2 is 1.85 bits per heavy atom. The summed E-state index contributed by atoms with van der Waals surface area (Å²) in [6, 6.07) is 18.5. The zero-order chi connectivity index (χ0) is 18.4. The predicted octanol–water partition coefficient (Wildman–Crippen LogP) is 5.51. The Kier molecular flexibility index (Phi) is 5.97. The molecule has 0 spiro atoms. The fraction of sp³-hybridized carbons (Fsp3) is 0.182. The number of rotatable bonds is 6. The summed E-state index contributed by atoms with van der Waals surface area (Å²) in [6.45, 7) is 4.33. The molecule has 0 radical (unpaired) electrons. The fourth-order valence-electron chi connectivity index (χ4n) is 2.56. The average molecular weight is 362 g/mol. The molecule has 0 aliphatic rings. The van der Waals surface area contributed by atoms with Crippen LogP contribution in [-0.2, 0) is 11.2 Å². The number of aromatic nitrogens is 1. The molecule has 0 atom stereocenters. The van der Waals surface area contributed by atoms with E-state index in [1.807, 2.05) is 42.6 Å². The zero-order valence-electron chi connectivity index (χ0n) is 15.0. The van der Waals surface area contributed by atoms with Crippen molar-refractivity contribution in [3.05, 3.63) is 88.4 Å². The fourth-order valence-corrected chi connectivity index (χ4v) is 3.40. The van der Waals surface area contributed by atoms with Gasteiger partial charge in [0.1, 0.15) is 0 Å². The molecule has 1 heterocycles. The number of anilines is 1. The molecule has 26 heavy (non-hydrogen) atoms. The van der Waals surface area contributed by atoms with Crippen molar-refractivity contribution < 1.29 is 4.79 Å². The second-order valence-electron chi connectivity index (χ2n) is 6.44. The first-order valence-corrected chi connectivity index (χ1v) is 9.49. The van der Waals surface area contributed by atoms with Gasteiger partial charge in [0.2, 0.25) is 5.91 Å². The molecule has 0 bridgehead atoms. The molecule has 3 aromatic rings. The Morgan fingerprint density at radius 3 is 2.54 bits per heavy atom. The van der Waals surface area contributed by atoms with Crippen molar-refractivity contribution in [2.24, 2.45) is 0 Å². The van der Waals surface area contributed by atoms with Crippen molar-refractivity contribution >= 4 is 28.5 Å². The van der Waals surface area contributed by atoms with Gasteiger partial charge in [-0.1, -0.05) is 68.4 Å². The lowest BCUT2D eigenvalue weighted by atomic mass is 10.0. The minimum atomic E-state index is -0.168. The van der Waals surface area contributed by atoms with Crippen molar-refractivity contribution in [2.45, 2.75) is 26.2 Å². The van der Waals surface area contributed by atoms with Gasteiger partial charge >= 0.3 is 0 Å². The van der Waals surface area contributed by atoms with E-state index in [9.17, 15) is 4.79 Å². The van der Waals surface area contributed by atoms with Crippen LogP contribution in [0.2, 0.25) is 0 Å². The Hall–Kier alpha value is -2.72. The van der Waals surface area contributed by atoms with Crippen LogP contribution in [0.25, 0.3) is 6.08 Å². The van der Waals surface area contributed by atoms with E-state index in [1.54, 1.807) is 6.08 Å². The summed E-state index contributed by atoms with van der Waals surface area (Å²) in [5, 5.41) is 3.46. The maximum atomic E-state index is 12.1. The lowest BCUT2D eigenvalue weighted by Crippen LogP contribution is -2.07. The van der Waals surface area contributed by atoms with Gasteiger partial charge in [-0.05, 0) is 28.7 Å². The molecule has 0 aliphatic heterocycles. The number of carbonyl (C=O) groups excluding carboxylic acids is 1. The maximum Gasteiger partial charge on any atom is 0.250 e. The molecule has 0 unspecified atom stereocenters. The molecule has 4 heteroatoms. The zero-order valence-corrected chi connectivity index (χ0v) is 15.8. The highest BCUT2D eigenvalue weighted by atomic mass is 32.1. The first kappa shape index (κ1) is 18.1. The van der Waals surface area contributed by atoms with Gasteiger partial charge in [0.05, 0.1) is 0 Å². The lowest BCUT2D eigenvalue weighted by molar-refractivity contribution is -0.111. The number of amides is 1. The standard InChI is InChI=1S/C22H22N2OS/c1-16(2)19-11-8-17(9-12-19)10-13-21(25)24-22-23-15-20(26-22)14-18-6-4-3-5-7-18/h3-13,15-16H,14H2,1-2H3,(H,23,24,25)/b13-10+. The number of hydrogen-bond acceptors (Lipinski definition) is 3. The second-order valence-corrected chi connectivity index (χ2v) is 7.55. The third-order valence-electron chi connectivity index (χ3n) is 4.04. The summed E-state index contributed by atoms with van der Waals surface area (Å²) >= 11 is 1.51. The van der Waals surface area contributed by atoms with E-state index in [-0.39, 0.29) is 5.91 Å². The van der Waals surface area contributed by atoms with E-state index in [0.29, 0.717) is 11.0 Å². The Labute approximate surface area is 158 Å². The van der Waals surface area contributed by atoms with Gasteiger partial charge < -0.3 is 0 Å². The number of nitrogens with zero attached hydrogens (tertiary/aromatic N) is 1. The van der Waals surface area contributed by atoms with Crippen molar-refractivity contribution in [1.29, 1.82) is 0 Å². The normalized spacial score (nSPS) is 11.2. The maximum absolute atomic E-state index is 12.1. The summed E-state index contributed by atoms with van der Waals surface area (Å²) in [4.78, 5) is 17.5. The van der Waals surface area contributed by atoms with Crippen molar-refractivity contribution in [2.75, 3.05) is 5.32 Å². The highest BCUT2D eigenvalue weighted by Crippen LogP contribution is 2.21. The summed E-state index contributed by atoms with van der Waals surface area (Å²) in [5.74, 6) is 0.338. The third-order valence-corrected chi connectivity index (χ3v) is 4.95. The number of thiazole rings is 1. The molecule has 1 aromatic heterocycles. The molecule has 1 N–H and O–H groups in total. The summed E-state index contributed by atoms with van der Waals surface area (Å²) in [5.41, 5.74) is 3.53. The Morgan fingerprint density at radius 1 is 1.12 bits per heavy atom. The van der Waals surface area contributed by atoms with E-state index in [0.717, 1.165) is 16.9 Å². The summed E-state index contributed by atoms with van der Waals surface area (Å²) in [6.07, 6.45) is 6.01.